The Bertz CT molecular complexity index is 447. The average molecular weight is 286 g/mol. The molecule has 0 radical (unpaired) electrons. The fourth-order valence-electron chi connectivity index (χ4n) is 1.45. The van der Waals surface area contributed by atoms with Gasteiger partial charge < -0.3 is 13.8 Å². The molecule has 0 unspecified atom stereocenters. The van der Waals surface area contributed by atoms with Crippen molar-refractivity contribution in [2.24, 2.45) is 0 Å². The molecular weight excluding hydrogens is 267 g/mol. The van der Waals surface area contributed by atoms with E-state index >= 15 is 0 Å². The minimum Gasteiger partial charge on any atom is -0.486 e. The van der Waals surface area contributed by atoms with E-state index in [0.717, 1.165) is 6.42 Å². The van der Waals surface area contributed by atoms with E-state index in [-0.39, 0.29) is 18.6 Å². The first-order valence-corrected chi connectivity index (χ1v) is 7.69. The van der Waals surface area contributed by atoms with E-state index in [2.05, 4.69) is 6.92 Å². The van der Waals surface area contributed by atoms with Crippen LogP contribution >= 0.6 is 7.60 Å². The topological polar surface area (TPSA) is 61.8 Å². The van der Waals surface area contributed by atoms with Gasteiger partial charge in [-0.25, -0.2) is 0 Å². The van der Waals surface area contributed by atoms with Crippen molar-refractivity contribution in [2.75, 3.05) is 27.0 Å². The molecule has 0 aliphatic heterocycles. The van der Waals surface area contributed by atoms with E-state index in [4.69, 9.17) is 13.8 Å². The molecule has 0 aliphatic rings. The van der Waals surface area contributed by atoms with Crippen molar-refractivity contribution >= 4 is 13.4 Å². The Kier molecular flexibility index (Phi) is 6.22. The van der Waals surface area contributed by atoms with Gasteiger partial charge in [0.2, 0.25) is 0 Å². The van der Waals surface area contributed by atoms with E-state index in [0.29, 0.717) is 5.75 Å². The fourth-order valence-corrected chi connectivity index (χ4v) is 2.38. The van der Waals surface area contributed by atoms with Gasteiger partial charge in [0.1, 0.15) is 18.5 Å². The quantitative estimate of drug-likeness (QED) is 0.687. The molecule has 0 saturated carbocycles. The highest BCUT2D eigenvalue weighted by Crippen LogP contribution is 2.45. The smallest absolute Gasteiger partial charge is 0.337 e. The number of carbonyl (C=O) groups excluding carboxylic acids is 1. The minimum absolute atomic E-state index is 0.151. The van der Waals surface area contributed by atoms with Gasteiger partial charge in [-0.1, -0.05) is 19.1 Å². The fraction of sp³-hybridized carbons (Fsp3) is 0.462. The second kappa shape index (κ2) is 7.43. The van der Waals surface area contributed by atoms with E-state index in [1.165, 1.54) is 19.8 Å². The molecule has 0 saturated heterocycles. The van der Waals surface area contributed by atoms with Crippen LogP contribution in [0.1, 0.15) is 12.5 Å². The highest BCUT2D eigenvalue weighted by Gasteiger charge is 2.25. The molecule has 106 valence electrons. The number of ether oxygens (including phenoxy) is 1. The number of hydrogen-bond acceptors (Lipinski definition) is 5. The lowest BCUT2D eigenvalue weighted by atomic mass is 10.2. The highest BCUT2D eigenvalue weighted by molar-refractivity contribution is 7.54. The van der Waals surface area contributed by atoms with E-state index in [1.54, 1.807) is 12.1 Å². The number of benzene rings is 1. The first-order chi connectivity index (χ1) is 9.03. The molecule has 0 N–H and O–H groups in total. The van der Waals surface area contributed by atoms with Gasteiger partial charge in [-0.15, -0.1) is 0 Å². The third-order valence-electron chi connectivity index (χ3n) is 2.66. The van der Waals surface area contributed by atoms with Crippen LogP contribution in [-0.2, 0) is 24.8 Å². The van der Waals surface area contributed by atoms with Gasteiger partial charge in [-0.05, 0) is 24.1 Å². The zero-order chi connectivity index (χ0) is 14.3. The number of hydrogen-bond donors (Lipinski definition) is 0. The lowest BCUT2D eigenvalue weighted by Gasteiger charge is -2.12. The Labute approximate surface area is 113 Å². The second-order valence-corrected chi connectivity index (χ2v) is 6.23. The van der Waals surface area contributed by atoms with Crippen molar-refractivity contribution in [3.63, 3.8) is 0 Å². The van der Waals surface area contributed by atoms with Crippen LogP contribution in [0.3, 0.4) is 0 Å². The highest BCUT2D eigenvalue weighted by atomic mass is 31.2. The third-order valence-corrected chi connectivity index (χ3v) is 4.51. The monoisotopic (exact) mass is 286 g/mol. The first-order valence-electron chi connectivity index (χ1n) is 5.97. The van der Waals surface area contributed by atoms with E-state index in [9.17, 15) is 9.36 Å². The molecule has 1 rings (SSSR count). The standard InChI is InChI=1S/C13H19O5P/c1-4-11-5-7-13(8-6-11)18-9-12(14)10-19(15,16-2)17-3/h5-8H,4,9-10H2,1-3H3. The molecule has 0 amide bonds. The predicted molar refractivity (Wildman–Crippen MR) is 72.8 cm³/mol. The summed E-state index contributed by atoms with van der Waals surface area (Å²) in [6.07, 6.45) is 0.664. The molecule has 1 aromatic carbocycles. The Hall–Kier alpha value is -1.16. The molecule has 0 bridgehead atoms. The molecule has 6 heteroatoms. The van der Waals surface area contributed by atoms with Gasteiger partial charge in [-0.2, -0.15) is 0 Å². The number of ketones is 1. The van der Waals surface area contributed by atoms with Gasteiger partial charge in [-0.3, -0.25) is 9.36 Å². The van der Waals surface area contributed by atoms with Crippen LogP contribution in [0.5, 0.6) is 5.75 Å². The normalized spacial score (nSPS) is 11.3. The first kappa shape index (κ1) is 15.9. The lowest BCUT2D eigenvalue weighted by molar-refractivity contribution is -0.118. The summed E-state index contributed by atoms with van der Waals surface area (Å²) in [5, 5.41) is 0. The van der Waals surface area contributed by atoms with Crippen molar-refractivity contribution in [2.45, 2.75) is 13.3 Å². The molecule has 0 spiro atoms. The summed E-state index contributed by atoms with van der Waals surface area (Å²) in [5.74, 6) is 0.279. The molecule has 0 heterocycles. The Morgan fingerprint density at radius 1 is 1.16 bits per heavy atom. The predicted octanol–water partition coefficient (Wildman–Crippen LogP) is 2.68. The molecule has 19 heavy (non-hydrogen) atoms. The summed E-state index contributed by atoms with van der Waals surface area (Å²) >= 11 is 0. The van der Waals surface area contributed by atoms with Gasteiger partial charge in [0.25, 0.3) is 0 Å². The maximum atomic E-state index is 11.7. The summed E-state index contributed by atoms with van der Waals surface area (Å²) in [6.45, 7) is 1.91. The summed E-state index contributed by atoms with van der Waals surface area (Å²) in [6, 6.07) is 7.49. The zero-order valence-electron chi connectivity index (χ0n) is 11.4. The molecular formula is C13H19O5P. The summed E-state index contributed by atoms with van der Waals surface area (Å²) in [5.41, 5.74) is 1.20. The molecule has 1 aromatic rings. The number of carbonyl (C=O) groups is 1. The third kappa shape index (κ3) is 5.15. The maximum absolute atomic E-state index is 11.7. The molecule has 0 fully saturated rings. The van der Waals surface area contributed by atoms with E-state index in [1.807, 2.05) is 12.1 Å². The Morgan fingerprint density at radius 2 is 1.74 bits per heavy atom. The largest absolute Gasteiger partial charge is 0.486 e. The minimum atomic E-state index is -3.30. The van der Waals surface area contributed by atoms with Crippen molar-refractivity contribution in [1.82, 2.24) is 0 Å². The summed E-state index contributed by atoms with van der Waals surface area (Å²) in [7, 11) is -0.797. The van der Waals surface area contributed by atoms with Crippen molar-refractivity contribution in [1.29, 1.82) is 0 Å². The van der Waals surface area contributed by atoms with Crippen LogP contribution in [0.15, 0.2) is 24.3 Å². The lowest BCUT2D eigenvalue weighted by Crippen LogP contribution is -2.16. The molecule has 0 aromatic heterocycles. The van der Waals surface area contributed by atoms with Crippen molar-refractivity contribution in [3.05, 3.63) is 29.8 Å². The van der Waals surface area contributed by atoms with Crippen LogP contribution in [0, 0.1) is 0 Å². The van der Waals surface area contributed by atoms with Crippen LogP contribution in [0.2, 0.25) is 0 Å². The van der Waals surface area contributed by atoms with Gasteiger partial charge in [0.05, 0.1) is 0 Å². The summed E-state index contributed by atoms with van der Waals surface area (Å²) < 4.78 is 26.4. The van der Waals surface area contributed by atoms with E-state index < -0.39 is 7.60 Å². The van der Waals surface area contributed by atoms with Crippen LogP contribution in [-0.4, -0.2) is 32.8 Å². The number of rotatable bonds is 8. The molecule has 5 nitrogen and oxygen atoms in total. The average Bonchev–Trinajstić information content (AvgIpc) is 2.45. The summed E-state index contributed by atoms with van der Waals surface area (Å²) in [4.78, 5) is 11.6. The van der Waals surface area contributed by atoms with Crippen LogP contribution in [0.4, 0.5) is 0 Å². The molecule has 0 atom stereocenters. The van der Waals surface area contributed by atoms with Crippen LogP contribution < -0.4 is 4.74 Å². The SMILES string of the molecule is CCc1ccc(OCC(=O)CP(=O)(OC)OC)cc1. The zero-order valence-corrected chi connectivity index (χ0v) is 12.3. The van der Waals surface area contributed by atoms with Crippen molar-refractivity contribution < 1.29 is 23.1 Å². The van der Waals surface area contributed by atoms with Crippen LogP contribution in [0.25, 0.3) is 0 Å². The number of Topliss-reactive ketones (excluding diaryl/α,β-unsaturated/α-hetero) is 1. The van der Waals surface area contributed by atoms with Gasteiger partial charge in [0.15, 0.2) is 5.78 Å². The Balaban J connectivity index is 2.47. The van der Waals surface area contributed by atoms with Gasteiger partial charge in [0, 0.05) is 14.2 Å². The Morgan fingerprint density at radius 3 is 2.21 bits per heavy atom. The number of aryl methyl sites for hydroxylation is 1. The maximum Gasteiger partial charge on any atom is 0.337 e. The van der Waals surface area contributed by atoms with Crippen molar-refractivity contribution in [3.8, 4) is 5.75 Å². The second-order valence-electron chi connectivity index (χ2n) is 3.96. The molecule has 0 aliphatic carbocycles. The van der Waals surface area contributed by atoms with Gasteiger partial charge >= 0.3 is 7.60 Å².